The summed E-state index contributed by atoms with van der Waals surface area (Å²) in [5.74, 6) is -5.06. The highest BCUT2D eigenvalue weighted by atomic mass is 19.4. The predicted molar refractivity (Wildman–Crippen MR) is 124 cm³/mol. The molecule has 0 aromatic heterocycles. The molecule has 1 aliphatic rings. The quantitative estimate of drug-likeness (QED) is 0.226. The topological polar surface area (TPSA) is 18.5 Å². The summed E-state index contributed by atoms with van der Waals surface area (Å²) in [7, 11) is 0. The molecule has 1 heterocycles. The van der Waals surface area contributed by atoms with E-state index in [1.165, 1.54) is 18.2 Å². The van der Waals surface area contributed by atoms with Crippen LogP contribution >= 0.6 is 0 Å². The van der Waals surface area contributed by atoms with Gasteiger partial charge in [0.1, 0.15) is 28.8 Å². The van der Waals surface area contributed by atoms with E-state index in [4.69, 9.17) is 9.47 Å². The molecule has 0 saturated carbocycles. The summed E-state index contributed by atoms with van der Waals surface area (Å²) in [6.45, 7) is 3.15. The SMILES string of the molecule is CCCCCC1COC(c2ccc(-c3ccc(-c4cc(F)c(C(F)(F)F)c(F)c4)c(F)c3)c(F)c2)OC1. The molecule has 37 heavy (non-hydrogen) atoms. The van der Waals surface area contributed by atoms with E-state index in [9.17, 15) is 30.7 Å². The Morgan fingerprint density at radius 3 is 1.86 bits per heavy atom. The largest absolute Gasteiger partial charge is 0.422 e. The molecule has 3 aromatic carbocycles. The van der Waals surface area contributed by atoms with Crippen molar-refractivity contribution < 1.29 is 40.2 Å². The first-order valence-electron chi connectivity index (χ1n) is 12.0. The van der Waals surface area contributed by atoms with Crippen molar-refractivity contribution in [2.75, 3.05) is 13.2 Å². The van der Waals surface area contributed by atoms with Crippen molar-refractivity contribution in [3.8, 4) is 22.3 Å². The summed E-state index contributed by atoms with van der Waals surface area (Å²) in [4.78, 5) is 0. The van der Waals surface area contributed by atoms with Crippen LogP contribution < -0.4 is 0 Å². The van der Waals surface area contributed by atoms with E-state index in [2.05, 4.69) is 6.92 Å². The van der Waals surface area contributed by atoms with Gasteiger partial charge in [-0.3, -0.25) is 0 Å². The standard InChI is InChI=1S/C28H25F7O2/c1-2-3-4-5-16-14-36-27(37-15-16)18-7-9-20(23(30)11-18)17-6-8-21(22(29)10-17)19-12-24(31)26(25(32)13-19)28(33,34)35/h6-13,16,27H,2-5,14-15H2,1H3. The second-order valence-electron chi connectivity index (χ2n) is 9.11. The van der Waals surface area contributed by atoms with E-state index in [-0.39, 0.29) is 16.7 Å². The highest BCUT2D eigenvalue weighted by Crippen LogP contribution is 2.37. The van der Waals surface area contributed by atoms with Crippen LogP contribution in [-0.4, -0.2) is 13.2 Å². The molecule has 1 saturated heterocycles. The lowest BCUT2D eigenvalue weighted by molar-refractivity contribution is -0.206. The second-order valence-corrected chi connectivity index (χ2v) is 9.11. The average molecular weight is 526 g/mol. The zero-order valence-electron chi connectivity index (χ0n) is 20.0. The number of hydrogen-bond donors (Lipinski definition) is 0. The van der Waals surface area contributed by atoms with Crippen LogP contribution in [0.3, 0.4) is 0 Å². The monoisotopic (exact) mass is 526 g/mol. The Kier molecular flexibility index (Phi) is 8.23. The van der Waals surface area contributed by atoms with Gasteiger partial charge < -0.3 is 9.47 Å². The normalized spacial score (nSPS) is 18.3. The van der Waals surface area contributed by atoms with Crippen molar-refractivity contribution in [2.24, 2.45) is 5.92 Å². The first-order chi connectivity index (χ1) is 17.6. The maximum atomic E-state index is 15.0. The Labute approximate surface area is 210 Å². The molecule has 0 amide bonds. The van der Waals surface area contributed by atoms with E-state index in [0.717, 1.165) is 37.8 Å². The van der Waals surface area contributed by atoms with Gasteiger partial charge in [-0.1, -0.05) is 50.5 Å². The minimum absolute atomic E-state index is 0.0623. The van der Waals surface area contributed by atoms with Crippen molar-refractivity contribution in [2.45, 2.75) is 45.1 Å². The third kappa shape index (κ3) is 6.15. The molecule has 198 valence electrons. The Bertz CT molecular complexity index is 1220. The first-order valence-corrected chi connectivity index (χ1v) is 12.0. The van der Waals surface area contributed by atoms with Crippen LogP contribution in [0.1, 0.15) is 50.0 Å². The minimum Gasteiger partial charge on any atom is -0.348 e. The average Bonchev–Trinajstić information content (AvgIpc) is 2.83. The number of unbranched alkanes of at least 4 members (excludes halogenated alkanes) is 2. The van der Waals surface area contributed by atoms with E-state index in [1.807, 2.05) is 0 Å². The van der Waals surface area contributed by atoms with Crippen LogP contribution in [0.2, 0.25) is 0 Å². The van der Waals surface area contributed by atoms with E-state index in [0.29, 0.717) is 36.8 Å². The maximum Gasteiger partial charge on any atom is 0.422 e. The number of halogens is 7. The molecule has 0 N–H and O–H groups in total. The molecule has 1 aliphatic heterocycles. The van der Waals surface area contributed by atoms with Gasteiger partial charge in [0.05, 0.1) is 13.2 Å². The number of benzene rings is 3. The fourth-order valence-corrected chi connectivity index (χ4v) is 4.41. The lowest BCUT2D eigenvalue weighted by Gasteiger charge is -2.29. The smallest absolute Gasteiger partial charge is 0.348 e. The Hall–Kier alpha value is -2.91. The molecule has 1 fully saturated rings. The number of rotatable bonds is 7. The van der Waals surface area contributed by atoms with Gasteiger partial charge in [0.15, 0.2) is 6.29 Å². The van der Waals surface area contributed by atoms with Crippen LogP contribution in [-0.2, 0) is 15.7 Å². The Balaban J connectivity index is 1.51. The lowest BCUT2D eigenvalue weighted by Crippen LogP contribution is -2.27. The number of alkyl halides is 3. The van der Waals surface area contributed by atoms with Crippen molar-refractivity contribution in [1.29, 1.82) is 0 Å². The van der Waals surface area contributed by atoms with E-state index < -0.39 is 46.9 Å². The van der Waals surface area contributed by atoms with Crippen molar-refractivity contribution in [1.82, 2.24) is 0 Å². The lowest BCUT2D eigenvalue weighted by atomic mass is 9.97. The third-order valence-electron chi connectivity index (χ3n) is 6.36. The summed E-state index contributed by atoms with van der Waals surface area (Å²) in [6, 6.07) is 8.52. The molecule has 3 aromatic rings. The molecule has 2 nitrogen and oxygen atoms in total. The maximum absolute atomic E-state index is 15.0. The summed E-state index contributed by atoms with van der Waals surface area (Å²) >= 11 is 0. The van der Waals surface area contributed by atoms with Gasteiger partial charge in [-0.05, 0) is 41.8 Å². The molecule has 0 bridgehead atoms. The van der Waals surface area contributed by atoms with Crippen molar-refractivity contribution in [3.05, 3.63) is 82.9 Å². The van der Waals surface area contributed by atoms with Gasteiger partial charge in [0, 0.05) is 22.6 Å². The van der Waals surface area contributed by atoms with Crippen molar-refractivity contribution in [3.63, 3.8) is 0 Å². The molecule has 0 aliphatic carbocycles. The minimum atomic E-state index is -5.23. The Morgan fingerprint density at radius 2 is 1.30 bits per heavy atom. The zero-order chi connectivity index (χ0) is 26.7. The molecule has 0 atom stereocenters. The van der Waals surface area contributed by atoms with Gasteiger partial charge in [-0.15, -0.1) is 0 Å². The van der Waals surface area contributed by atoms with Gasteiger partial charge in [-0.2, -0.15) is 13.2 Å². The van der Waals surface area contributed by atoms with Crippen LogP contribution in [0.15, 0.2) is 48.5 Å². The van der Waals surface area contributed by atoms with Crippen molar-refractivity contribution >= 4 is 0 Å². The summed E-state index contributed by atoms with van der Waals surface area (Å²) < 4.78 is 108. The summed E-state index contributed by atoms with van der Waals surface area (Å²) in [5.41, 5.74) is -2.12. The third-order valence-corrected chi connectivity index (χ3v) is 6.36. The zero-order valence-corrected chi connectivity index (χ0v) is 20.0. The second kappa shape index (κ2) is 11.2. The first kappa shape index (κ1) is 27.1. The number of ether oxygens (including phenoxy) is 2. The predicted octanol–water partition coefficient (Wildman–Crippen LogP) is 8.84. The van der Waals surface area contributed by atoms with Gasteiger partial charge in [0.25, 0.3) is 0 Å². The molecular weight excluding hydrogens is 501 g/mol. The summed E-state index contributed by atoms with van der Waals surface area (Å²) in [6.07, 6.45) is -1.58. The highest BCUT2D eigenvalue weighted by molar-refractivity contribution is 5.72. The Morgan fingerprint density at radius 1 is 0.730 bits per heavy atom. The molecule has 9 heteroatoms. The van der Waals surface area contributed by atoms with Crippen LogP contribution in [0.25, 0.3) is 22.3 Å². The number of hydrogen-bond acceptors (Lipinski definition) is 2. The van der Waals surface area contributed by atoms with Crippen LogP contribution in [0.5, 0.6) is 0 Å². The highest BCUT2D eigenvalue weighted by Gasteiger charge is 2.38. The van der Waals surface area contributed by atoms with E-state index in [1.54, 1.807) is 6.07 Å². The molecule has 4 rings (SSSR count). The molecule has 0 radical (unpaired) electrons. The van der Waals surface area contributed by atoms with Crippen LogP contribution in [0, 0.1) is 29.2 Å². The molecule has 0 unspecified atom stereocenters. The van der Waals surface area contributed by atoms with Gasteiger partial charge >= 0.3 is 6.18 Å². The van der Waals surface area contributed by atoms with Crippen LogP contribution in [0.4, 0.5) is 30.7 Å². The summed E-state index contributed by atoms with van der Waals surface area (Å²) in [5, 5.41) is 0. The van der Waals surface area contributed by atoms with Gasteiger partial charge in [-0.25, -0.2) is 17.6 Å². The fraction of sp³-hybridized carbons (Fsp3) is 0.357. The van der Waals surface area contributed by atoms with E-state index >= 15 is 0 Å². The fourth-order valence-electron chi connectivity index (χ4n) is 4.41. The van der Waals surface area contributed by atoms with Gasteiger partial charge in [0.2, 0.25) is 0 Å². The molecular formula is C28H25F7O2. The molecule has 0 spiro atoms.